The first-order valence-corrected chi connectivity index (χ1v) is 7.75. The third-order valence-corrected chi connectivity index (χ3v) is 3.94. The topological polar surface area (TPSA) is 29.1 Å². The zero-order valence-electron chi connectivity index (χ0n) is 12.8. The number of carbonyl (C=O) groups excluding carboxylic acids is 1. The van der Waals surface area contributed by atoms with Crippen LogP contribution in [0.15, 0.2) is 91.0 Å². The van der Waals surface area contributed by atoms with Crippen LogP contribution in [0.2, 0.25) is 0 Å². The van der Waals surface area contributed by atoms with Crippen LogP contribution in [0.1, 0.15) is 23.1 Å². The highest BCUT2D eigenvalue weighted by Crippen LogP contribution is 2.32. The van der Waals surface area contributed by atoms with Crippen molar-refractivity contribution in [3.63, 3.8) is 0 Å². The van der Waals surface area contributed by atoms with Gasteiger partial charge in [0.2, 0.25) is 0 Å². The van der Waals surface area contributed by atoms with Crippen LogP contribution in [0.25, 0.3) is 0 Å². The summed E-state index contributed by atoms with van der Waals surface area (Å²) >= 11 is 0. The minimum absolute atomic E-state index is 0.113. The highest BCUT2D eigenvalue weighted by atomic mass is 16.1. The number of carbonyl (C=O) groups is 1. The summed E-state index contributed by atoms with van der Waals surface area (Å²) in [6, 6.07) is 29.9. The zero-order chi connectivity index (χ0) is 15.9. The van der Waals surface area contributed by atoms with Gasteiger partial charge in [-0.15, -0.1) is 0 Å². The van der Waals surface area contributed by atoms with Crippen LogP contribution in [-0.4, -0.2) is 6.29 Å². The molecule has 0 heterocycles. The second kappa shape index (κ2) is 7.41. The molecule has 3 rings (SSSR count). The average molecular weight is 301 g/mol. The molecule has 0 aliphatic rings. The number of nitrogens with one attached hydrogen (secondary N) is 1. The highest BCUT2D eigenvalue weighted by Gasteiger charge is 2.24. The van der Waals surface area contributed by atoms with E-state index in [2.05, 4.69) is 17.4 Å². The molecule has 0 fully saturated rings. The summed E-state index contributed by atoms with van der Waals surface area (Å²) in [5, 5.41) is 3.51. The Morgan fingerprint density at radius 2 is 1.13 bits per heavy atom. The fourth-order valence-corrected chi connectivity index (χ4v) is 2.78. The third-order valence-electron chi connectivity index (χ3n) is 3.94. The molecule has 0 aromatic heterocycles. The SMILES string of the molecule is O=CC(c1ccccc1)C(Nc1ccccc1)c1ccccc1. The maximum absolute atomic E-state index is 11.9. The van der Waals surface area contributed by atoms with Gasteiger partial charge in [0.1, 0.15) is 6.29 Å². The van der Waals surface area contributed by atoms with Crippen molar-refractivity contribution in [2.75, 3.05) is 5.32 Å². The lowest BCUT2D eigenvalue weighted by Crippen LogP contribution is -2.20. The molecule has 1 N–H and O–H groups in total. The Morgan fingerprint density at radius 1 is 0.652 bits per heavy atom. The molecule has 2 atom stereocenters. The van der Waals surface area contributed by atoms with Crippen molar-refractivity contribution < 1.29 is 4.79 Å². The minimum atomic E-state index is -0.251. The number of anilines is 1. The van der Waals surface area contributed by atoms with E-state index in [1.165, 1.54) is 0 Å². The van der Waals surface area contributed by atoms with Crippen molar-refractivity contribution in [3.8, 4) is 0 Å². The first kappa shape index (κ1) is 15.0. The lowest BCUT2D eigenvalue weighted by atomic mass is 9.88. The third kappa shape index (κ3) is 3.67. The molecule has 0 aliphatic heterocycles. The number of benzene rings is 3. The van der Waals surface area contributed by atoms with Crippen LogP contribution in [-0.2, 0) is 4.79 Å². The number of aldehydes is 1. The standard InChI is InChI=1S/C21H19NO/c23-16-20(17-10-4-1-5-11-17)21(18-12-6-2-7-13-18)22-19-14-8-3-9-15-19/h1-16,20-22H. The van der Waals surface area contributed by atoms with Crippen LogP contribution in [0.4, 0.5) is 5.69 Å². The summed E-state index contributed by atoms with van der Waals surface area (Å²) in [6.45, 7) is 0. The van der Waals surface area contributed by atoms with E-state index < -0.39 is 0 Å². The van der Waals surface area contributed by atoms with Gasteiger partial charge in [-0.25, -0.2) is 0 Å². The second-order valence-corrected chi connectivity index (χ2v) is 5.47. The predicted octanol–water partition coefficient (Wildman–Crippen LogP) is 4.82. The molecule has 3 aromatic rings. The van der Waals surface area contributed by atoms with Crippen molar-refractivity contribution in [1.29, 1.82) is 0 Å². The van der Waals surface area contributed by atoms with Gasteiger partial charge in [-0.1, -0.05) is 78.9 Å². The molecule has 2 nitrogen and oxygen atoms in total. The van der Waals surface area contributed by atoms with Crippen LogP contribution < -0.4 is 5.32 Å². The smallest absolute Gasteiger partial charge is 0.129 e. The summed E-state index contributed by atoms with van der Waals surface area (Å²) < 4.78 is 0. The van der Waals surface area contributed by atoms with Gasteiger partial charge >= 0.3 is 0 Å². The lowest BCUT2D eigenvalue weighted by Gasteiger charge is -2.26. The number of rotatable bonds is 6. The zero-order valence-corrected chi connectivity index (χ0v) is 12.8. The Kier molecular flexibility index (Phi) is 4.85. The van der Waals surface area contributed by atoms with Crippen molar-refractivity contribution in [3.05, 3.63) is 102 Å². The van der Waals surface area contributed by atoms with E-state index in [0.717, 1.165) is 23.1 Å². The second-order valence-electron chi connectivity index (χ2n) is 5.47. The highest BCUT2D eigenvalue weighted by molar-refractivity contribution is 5.66. The van der Waals surface area contributed by atoms with E-state index in [-0.39, 0.29) is 12.0 Å². The molecule has 114 valence electrons. The van der Waals surface area contributed by atoms with Gasteiger partial charge in [0.05, 0.1) is 12.0 Å². The molecule has 2 unspecified atom stereocenters. The molecular formula is C21H19NO. The van der Waals surface area contributed by atoms with E-state index >= 15 is 0 Å². The predicted molar refractivity (Wildman–Crippen MR) is 94.5 cm³/mol. The van der Waals surface area contributed by atoms with Crippen molar-refractivity contribution in [2.45, 2.75) is 12.0 Å². The van der Waals surface area contributed by atoms with Crippen LogP contribution in [0.5, 0.6) is 0 Å². The molecule has 2 heteroatoms. The molecule has 3 aromatic carbocycles. The first-order chi connectivity index (χ1) is 11.4. The maximum Gasteiger partial charge on any atom is 0.129 e. The fraction of sp³-hybridized carbons (Fsp3) is 0.0952. The largest absolute Gasteiger partial charge is 0.377 e. The van der Waals surface area contributed by atoms with Crippen LogP contribution in [0.3, 0.4) is 0 Å². The maximum atomic E-state index is 11.9. The monoisotopic (exact) mass is 301 g/mol. The van der Waals surface area contributed by atoms with E-state index in [9.17, 15) is 4.79 Å². The first-order valence-electron chi connectivity index (χ1n) is 7.75. The summed E-state index contributed by atoms with van der Waals surface area (Å²) in [5.41, 5.74) is 3.11. The van der Waals surface area contributed by atoms with E-state index in [1.807, 2.05) is 78.9 Å². The minimum Gasteiger partial charge on any atom is -0.377 e. The molecule has 0 saturated carbocycles. The quantitative estimate of drug-likeness (QED) is 0.661. The average Bonchev–Trinajstić information content (AvgIpc) is 2.64. The van der Waals surface area contributed by atoms with Gasteiger partial charge in [-0.3, -0.25) is 0 Å². The van der Waals surface area contributed by atoms with Crippen molar-refractivity contribution in [2.24, 2.45) is 0 Å². The van der Waals surface area contributed by atoms with Crippen molar-refractivity contribution in [1.82, 2.24) is 0 Å². The summed E-state index contributed by atoms with van der Waals surface area (Å²) in [7, 11) is 0. The molecule has 0 amide bonds. The lowest BCUT2D eigenvalue weighted by molar-refractivity contribution is -0.109. The molecule has 0 bridgehead atoms. The number of para-hydroxylation sites is 1. The Bertz CT molecular complexity index is 726. The van der Waals surface area contributed by atoms with Gasteiger partial charge in [0.15, 0.2) is 0 Å². The van der Waals surface area contributed by atoms with E-state index in [4.69, 9.17) is 0 Å². The molecule has 0 radical (unpaired) electrons. The molecule has 23 heavy (non-hydrogen) atoms. The normalized spacial score (nSPS) is 13.0. The van der Waals surface area contributed by atoms with Gasteiger partial charge in [-0.05, 0) is 23.3 Å². The Morgan fingerprint density at radius 3 is 1.65 bits per heavy atom. The molecule has 0 aliphatic carbocycles. The Hall–Kier alpha value is -2.87. The summed E-state index contributed by atoms with van der Waals surface area (Å²) in [6.07, 6.45) is 1.03. The molecular weight excluding hydrogens is 282 g/mol. The fourth-order valence-electron chi connectivity index (χ4n) is 2.78. The van der Waals surface area contributed by atoms with E-state index in [1.54, 1.807) is 0 Å². The van der Waals surface area contributed by atoms with Gasteiger partial charge in [-0.2, -0.15) is 0 Å². The number of hydrogen-bond donors (Lipinski definition) is 1. The summed E-state index contributed by atoms with van der Waals surface area (Å²) in [5.74, 6) is -0.251. The van der Waals surface area contributed by atoms with Crippen LogP contribution >= 0.6 is 0 Å². The van der Waals surface area contributed by atoms with E-state index in [0.29, 0.717) is 0 Å². The molecule has 0 spiro atoms. The Labute approximate surface area is 136 Å². The van der Waals surface area contributed by atoms with Crippen molar-refractivity contribution >= 4 is 12.0 Å². The number of hydrogen-bond acceptors (Lipinski definition) is 2. The van der Waals surface area contributed by atoms with Gasteiger partial charge in [0, 0.05) is 5.69 Å². The van der Waals surface area contributed by atoms with Crippen LogP contribution in [0, 0.1) is 0 Å². The molecule has 0 saturated heterocycles. The Balaban J connectivity index is 1.99. The van der Waals surface area contributed by atoms with Gasteiger partial charge < -0.3 is 10.1 Å². The summed E-state index contributed by atoms with van der Waals surface area (Å²) in [4.78, 5) is 11.9. The van der Waals surface area contributed by atoms with Gasteiger partial charge in [0.25, 0.3) is 0 Å².